The minimum absolute atomic E-state index is 0.0791. The molecule has 0 amide bonds. The quantitative estimate of drug-likeness (QED) is 0.664. The number of rotatable bonds is 6. The molecular weight excluding hydrogens is 332 g/mol. The van der Waals surface area contributed by atoms with E-state index in [2.05, 4.69) is 38.2 Å². The molecular formula is C17H20N8O. The number of benzene rings is 1. The van der Waals surface area contributed by atoms with Crippen LogP contribution in [0, 0.1) is 0 Å². The third-order valence-electron chi connectivity index (χ3n) is 4.39. The van der Waals surface area contributed by atoms with E-state index in [0.717, 1.165) is 11.4 Å². The number of hydrazine groups is 1. The summed E-state index contributed by atoms with van der Waals surface area (Å²) in [7, 11) is 0. The monoisotopic (exact) mass is 352 g/mol. The van der Waals surface area contributed by atoms with E-state index in [-0.39, 0.29) is 17.9 Å². The summed E-state index contributed by atoms with van der Waals surface area (Å²) in [4.78, 5) is 20.3. The molecule has 0 saturated carbocycles. The second kappa shape index (κ2) is 7.14. The lowest BCUT2D eigenvalue weighted by molar-refractivity contribution is -0.118. The fourth-order valence-electron chi connectivity index (χ4n) is 3.05. The first-order valence-corrected chi connectivity index (χ1v) is 8.50. The van der Waals surface area contributed by atoms with Gasteiger partial charge in [0.1, 0.15) is 30.8 Å². The van der Waals surface area contributed by atoms with Gasteiger partial charge in [0.15, 0.2) is 5.82 Å². The molecule has 1 aromatic carbocycles. The zero-order valence-electron chi connectivity index (χ0n) is 14.4. The maximum atomic E-state index is 11.7. The molecule has 1 saturated heterocycles. The topological polar surface area (TPSA) is 103 Å². The second-order valence-electron chi connectivity index (χ2n) is 6.36. The van der Waals surface area contributed by atoms with Gasteiger partial charge in [0.25, 0.3) is 0 Å². The van der Waals surface area contributed by atoms with Crippen molar-refractivity contribution < 1.29 is 4.79 Å². The van der Waals surface area contributed by atoms with Crippen molar-refractivity contribution in [1.29, 1.82) is 0 Å². The van der Waals surface area contributed by atoms with Gasteiger partial charge in [0, 0.05) is 0 Å². The van der Waals surface area contributed by atoms with Crippen molar-refractivity contribution in [2.45, 2.75) is 38.5 Å². The van der Waals surface area contributed by atoms with Gasteiger partial charge >= 0.3 is 0 Å². The number of nitrogens with one attached hydrogen (secondary N) is 2. The highest BCUT2D eigenvalue weighted by Gasteiger charge is 2.31. The smallest absolute Gasteiger partial charge is 0.172 e. The zero-order chi connectivity index (χ0) is 17.9. The second-order valence-corrected chi connectivity index (χ2v) is 6.36. The molecule has 2 aromatic heterocycles. The highest BCUT2D eigenvalue weighted by Crippen LogP contribution is 2.22. The maximum Gasteiger partial charge on any atom is 0.172 e. The van der Waals surface area contributed by atoms with Crippen LogP contribution in [0.4, 0.5) is 0 Å². The van der Waals surface area contributed by atoms with E-state index in [1.165, 1.54) is 6.33 Å². The molecule has 9 nitrogen and oxygen atoms in total. The summed E-state index contributed by atoms with van der Waals surface area (Å²) in [6.45, 7) is 2.65. The molecule has 2 N–H and O–H groups in total. The number of hydrogen-bond donors (Lipinski definition) is 2. The van der Waals surface area contributed by atoms with Crippen LogP contribution in [-0.2, 0) is 17.9 Å². The summed E-state index contributed by atoms with van der Waals surface area (Å²) >= 11 is 0. The summed E-state index contributed by atoms with van der Waals surface area (Å²) in [5.41, 5.74) is 7.35. The van der Waals surface area contributed by atoms with Crippen LogP contribution in [-0.4, -0.2) is 41.4 Å². The number of Topliss-reactive ketones (excluding diaryl/α,β-unsaturated/α-hetero) is 1. The van der Waals surface area contributed by atoms with Crippen molar-refractivity contribution in [3.8, 4) is 0 Å². The van der Waals surface area contributed by atoms with E-state index in [0.29, 0.717) is 25.3 Å². The number of aromatic nitrogens is 6. The summed E-state index contributed by atoms with van der Waals surface area (Å²) in [6.07, 6.45) is 3.77. The SMILES string of the molecule is CC(=O)C1CC(c2nc(Cn3cncn3)nn2Cc2ccccc2)NN1. The maximum absolute atomic E-state index is 11.7. The van der Waals surface area contributed by atoms with Crippen molar-refractivity contribution in [3.05, 3.63) is 60.2 Å². The number of nitrogens with zero attached hydrogens (tertiary/aromatic N) is 6. The highest BCUT2D eigenvalue weighted by molar-refractivity contribution is 5.81. The van der Waals surface area contributed by atoms with Crippen LogP contribution in [0.25, 0.3) is 0 Å². The van der Waals surface area contributed by atoms with E-state index in [1.54, 1.807) is 17.9 Å². The van der Waals surface area contributed by atoms with Crippen molar-refractivity contribution in [1.82, 2.24) is 40.4 Å². The van der Waals surface area contributed by atoms with Gasteiger partial charge in [0.05, 0.1) is 18.6 Å². The molecule has 1 aliphatic rings. The van der Waals surface area contributed by atoms with Gasteiger partial charge < -0.3 is 0 Å². The molecule has 0 bridgehead atoms. The van der Waals surface area contributed by atoms with Gasteiger partial charge in [-0.15, -0.1) is 0 Å². The Hall–Kier alpha value is -2.91. The molecule has 3 aromatic rings. The minimum atomic E-state index is -0.208. The van der Waals surface area contributed by atoms with E-state index < -0.39 is 0 Å². The molecule has 2 atom stereocenters. The first kappa shape index (κ1) is 16.6. The molecule has 0 radical (unpaired) electrons. The van der Waals surface area contributed by atoms with Crippen LogP contribution in [0.5, 0.6) is 0 Å². The third-order valence-corrected chi connectivity index (χ3v) is 4.39. The van der Waals surface area contributed by atoms with E-state index in [4.69, 9.17) is 4.98 Å². The number of carbonyl (C=O) groups is 1. The fourth-order valence-corrected chi connectivity index (χ4v) is 3.05. The molecule has 0 spiro atoms. The van der Waals surface area contributed by atoms with Gasteiger partial charge in [-0.2, -0.15) is 10.2 Å². The van der Waals surface area contributed by atoms with Crippen LogP contribution >= 0.6 is 0 Å². The average Bonchev–Trinajstić information content (AvgIpc) is 3.37. The van der Waals surface area contributed by atoms with Crippen LogP contribution in [0.15, 0.2) is 43.0 Å². The Bertz CT molecular complexity index is 874. The largest absolute Gasteiger partial charge is 0.298 e. The van der Waals surface area contributed by atoms with Crippen molar-refractivity contribution in [2.75, 3.05) is 0 Å². The minimum Gasteiger partial charge on any atom is -0.298 e. The average molecular weight is 352 g/mol. The van der Waals surface area contributed by atoms with Crippen molar-refractivity contribution in [3.63, 3.8) is 0 Å². The van der Waals surface area contributed by atoms with Crippen LogP contribution in [0.1, 0.15) is 36.6 Å². The Labute approximate surface area is 150 Å². The molecule has 1 aliphatic heterocycles. The van der Waals surface area contributed by atoms with Gasteiger partial charge in [0.2, 0.25) is 0 Å². The van der Waals surface area contributed by atoms with E-state index in [1.807, 2.05) is 22.9 Å². The Morgan fingerprint density at radius 3 is 2.77 bits per heavy atom. The number of hydrogen-bond acceptors (Lipinski definition) is 7. The molecule has 0 aliphatic carbocycles. The predicted molar refractivity (Wildman–Crippen MR) is 92.8 cm³/mol. The summed E-state index contributed by atoms with van der Waals surface area (Å²) < 4.78 is 3.58. The lowest BCUT2D eigenvalue weighted by Crippen LogP contribution is -2.35. The molecule has 26 heavy (non-hydrogen) atoms. The van der Waals surface area contributed by atoms with E-state index >= 15 is 0 Å². The number of carbonyl (C=O) groups excluding carboxylic acids is 1. The van der Waals surface area contributed by atoms with Crippen LogP contribution in [0.3, 0.4) is 0 Å². The summed E-state index contributed by atoms with van der Waals surface area (Å²) in [6, 6.07) is 9.82. The van der Waals surface area contributed by atoms with Crippen molar-refractivity contribution >= 4 is 5.78 Å². The Morgan fingerprint density at radius 1 is 1.23 bits per heavy atom. The van der Waals surface area contributed by atoms with E-state index in [9.17, 15) is 4.79 Å². The standard InChI is InChI=1S/C17H20N8O/c1-12(26)14-7-15(22-21-14)17-20-16(9-24-11-18-10-19-24)23-25(17)8-13-5-3-2-4-6-13/h2-6,10-11,14-15,21-22H,7-9H2,1H3. The molecule has 4 rings (SSSR count). The molecule has 134 valence electrons. The van der Waals surface area contributed by atoms with Gasteiger partial charge in [-0.05, 0) is 18.9 Å². The molecule has 9 heteroatoms. The number of ketones is 1. The Morgan fingerprint density at radius 2 is 2.08 bits per heavy atom. The molecule has 1 fully saturated rings. The zero-order valence-corrected chi connectivity index (χ0v) is 14.4. The van der Waals surface area contributed by atoms with Crippen LogP contribution < -0.4 is 10.9 Å². The summed E-state index contributed by atoms with van der Waals surface area (Å²) in [5.74, 6) is 1.58. The normalized spacial score (nSPS) is 19.7. The Kier molecular flexibility index (Phi) is 4.55. The molecule has 3 heterocycles. The first-order valence-electron chi connectivity index (χ1n) is 8.50. The van der Waals surface area contributed by atoms with Crippen molar-refractivity contribution in [2.24, 2.45) is 0 Å². The fraction of sp³-hybridized carbons (Fsp3) is 0.353. The Balaban J connectivity index is 1.61. The lowest BCUT2D eigenvalue weighted by Gasteiger charge is -2.11. The van der Waals surface area contributed by atoms with Gasteiger partial charge in [-0.3, -0.25) is 4.79 Å². The van der Waals surface area contributed by atoms with Crippen LogP contribution in [0.2, 0.25) is 0 Å². The molecule has 2 unspecified atom stereocenters. The third kappa shape index (κ3) is 3.53. The predicted octanol–water partition coefficient (Wildman–Crippen LogP) is 0.463. The van der Waals surface area contributed by atoms with Gasteiger partial charge in [-0.1, -0.05) is 30.3 Å². The lowest BCUT2D eigenvalue weighted by atomic mass is 10.1. The van der Waals surface area contributed by atoms with Gasteiger partial charge in [-0.25, -0.2) is 30.2 Å². The highest BCUT2D eigenvalue weighted by atomic mass is 16.1. The summed E-state index contributed by atoms with van der Waals surface area (Å²) in [5, 5.41) is 8.77. The first-order chi connectivity index (χ1) is 12.7.